The van der Waals surface area contributed by atoms with Gasteiger partial charge in [-0.15, -0.1) is 0 Å². The smallest absolute Gasteiger partial charge is 0.241 e. The Bertz CT molecular complexity index is 240. The summed E-state index contributed by atoms with van der Waals surface area (Å²) in [4.78, 5) is 14.1. The molecule has 1 fully saturated rings. The maximum Gasteiger partial charge on any atom is 0.241 e. The lowest BCUT2D eigenvalue weighted by Crippen LogP contribution is -2.37. The van der Waals surface area contributed by atoms with E-state index in [-0.39, 0.29) is 6.04 Å². The van der Waals surface area contributed by atoms with Gasteiger partial charge in [0.15, 0.2) is 0 Å². The largest absolute Gasteiger partial charge is 0.328 e. The molecule has 0 radical (unpaired) electrons. The Morgan fingerprint density at radius 1 is 1.38 bits per heavy atom. The molecule has 16 heavy (non-hydrogen) atoms. The summed E-state index contributed by atoms with van der Waals surface area (Å²) in [6, 6.07) is 0.0457. The van der Waals surface area contributed by atoms with Crippen LogP contribution in [0.2, 0.25) is 0 Å². The molecule has 3 nitrogen and oxygen atoms in total. The van der Waals surface area contributed by atoms with Crippen molar-refractivity contribution in [3.8, 4) is 0 Å². The third-order valence-corrected chi connectivity index (χ3v) is 3.94. The first-order valence-corrected chi connectivity index (χ1v) is 6.49. The molecule has 94 valence electrons. The molecule has 1 saturated heterocycles. The highest BCUT2D eigenvalue weighted by Gasteiger charge is 2.34. The van der Waals surface area contributed by atoms with Crippen molar-refractivity contribution in [3.05, 3.63) is 0 Å². The number of carbonyl (C=O) groups is 1. The Hall–Kier alpha value is -0.570. The Balaban J connectivity index is 2.51. The quantitative estimate of drug-likeness (QED) is 0.778. The summed E-state index contributed by atoms with van der Waals surface area (Å²) in [5.74, 6) is 1.94. The number of rotatable bonds is 5. The zero-order valence-corrected chi connectivity index (χ0v) is 11.3. The molecule has 1 amide bonds. The number of hydrogen-bond acceptors (Lipinski definition) is 2. The molecule has 0 aliphatic carbocycles. The topological polar surface area (TPSA) is 32.3 Å². The zero-order valence-electron chi connectivity index (χ0n) is 11.3. The van der Waals surface area contributed by atoms with Gasteiger partial charge in [0, 0.05) is 6.54 Å². The lowest BCUT2D eigenvalue weighted by molar-refractivity contribution is -0.130. The molecule has 1 aliphatic heterocycles. The molecule has 0 aromatic carbocycles. The van der Waals surface area contributed by atoms with Crippen LogP contribution in [0.5, 0.6) is 0 Å². The van der Waals surface area contributed by atoms with Crippen LogP contribution in [0.25, 0.3) is 0 Å². The van der Waals surface area contributed by atoms with Crippen LogP contribution >= 0.6 is 0 Å². The second kappa shape index (κ2) is 5.67. The summed E-state index contributed by atoms with van der Waals surface area (Å²) in [6.45, 7) is 12.5. The molecule has 3 atom stereocenters. The standard InChI is InChI=1S/C13H26N2O/c1-6-10(4)12-13(16)15(8-14-12)7-11(5)9(2)3/h9-12,14H,6-8H2,1-5H3. The third-order valence-electron chi connectivity index (χ3n) is 3.94. The second-order valence-corrected chi connectivity index (χ2v) is 5.51. The van der Waals surface area contributed by atoms with Crippen molar-refractivity contribution < 1.29 is 4.79 Å². The van der Waals surface area contributed by atoms with Gasteiger partial charge in [0.2, 0.25) is 5.91 Å². The summed E-state index contributed by atoms with van der Waals surface area (Å²) >= 11 is 0. The maximum atomic E-state index is 12.1. The summed E-state index contributed by atoms with van der Waals surface area (Å²) in [5, 5.41) is 3.33. The van der Waals surface area contributed by atoms with E-state index >= 15 is 0 Å². The molecule has 1 heterocycles. The first kappa shape index (κ1) is 13.5. The molecule has 1 N–H and O–H groups in total. The highest BCUT2D eigenvalue weighted by atomic mass is 16.2. The van der Waals surface area contributed by atoms with E-state index in [2.05, 4.69) is 39.9 Å². The van der Waals surface area contributed by atoms with Crippen LogP contribution in [0.4, 0.5) is 0 Å². The van der Waals surface area contributed by atoms with Crippen molar-refractivity contribution in [2.45, 2.75) is 47.1 Å². The predicted octanol–water partition coefficient (Wildman–Crippen LogP) is 2.08. The summed E-state index contributed by atoms with van der Waals surface area (Å²) < 4.78 is 0. The number of carbonyl (C=O) groups excluding carboxylic acids is 1. The second-order valence-electron chi connectivity index (χ2n) is 5.51. The van der Waals surface area contributed by atoms with E-state index in [9.17, 15) is 4.79 Å². The van der Waals surface area contributed by atoms with Gasteiger partial charge in [0.1, 0.15) is 0 Å². The number of hydrogen-bond donors (Lipinski definition) is 1. The summed E-state index contributed by atoms with van der Waals surface area (Å²) in [7, 11) is 0. The van der Waals surface area contributed by atoms with E-state index in [4.69, 9.17) is 0 Å². The molecule has 0 spiro atoms. The van der Waals surface area contributed by atoms with Gasteiger partial charge >= 0.3 is 0 Å². The first-order valence-electron chi connectivity index (χ1n) is 6.49. The van der Waals surface area contributed by atoms with Crippen molar-refractivity contribution >= 4 is 5.91 Å². The summed E-state index contributed by atoms with van der Waals surface area (Å²) in [6.07, 6.45) is 1.05. The minimum Gasteiger partial charge on any atom is -0.328 e. The lowest BCUT2D eigenvalue weighted by atomic mass is 9.96. The van der Waals surface area contributed by atoms with Crippen molar-refractivity contribution in [1.29, 1.82) is 0 Å². The molecular formula is C13H26N2O. The molecular weight excluding hydrogens is 200 g/mol. The lowest BCUT2D eigenvalue weighted by Gasteiger charge is -2.23. The van der Waals surface area contributed by atoms with E-state index in [1.54, 1.807) is 0 Å². The van der Waals surface area contributed by atoms with Gasteiger partial charge in [-0.25, -0.2) is 0 Å². The van der Waals surface area contributed by atoms with Crippen LogP contribution in [-0.4, -0.2) is 30.1 Å². The average molecular weight is 226 g/mol. The van der Waals surface area contributed by atoms with Crippen molar-refractivity contribution in [3.63, 3.8) is 0 Å². The average Bonchev–Trinajstić information content (AvgIpc) is 2.59. The van der Waals surface area contributed by atoms with Crippen molar-refractivity contribution in [1.82, 2.24) is 10.2 Å². The van der Waals surface area contributed by atoms with Gasteiger partial charge in [-0.2, -0.15) is 0 Å². The molecule has 1 rings (SSSR count). The van der Waals surface area contributed by atoms with Crippen LogP contribution in [0.3, 0.4) is 0 Å². The van der Waals surface area contributed by atoms with Gasteiger partial charge in [-0.1, -0.05) is 41.0 Å². The predicted molar refractivity (Wildman–Crippen MR) is 67.0 cm³/mol. The highest BCUT2D eigenvalue weighted by molar-refractivity contribution is 5.84. The van der Waals surface area contributed by atoms with Crippen LogP contribution < -0.4 is 5.32 Å². The van der Waals surface area contributed by atoms with E-state index < -0.39 is 0 Å². The van der Waals surface area contributed by atoms with Crippen LogP contribution in [-0.2, 0) is 4.79 Å². The van der Waals surface area contributed by atoms with Crippen LogP contribution in [0.15, 0.2) is 0 Å². The van der Waals surface area contributed by atoms with E-state index in [0.717, 1.165) is 19.6 Å². The molecule has 1 aliphatic rings. The van der Waals surface area contributed by atoms with Crippen LogP contribution in [0, 0.1) is 17.8 Å². The Morgan fingerprint density at radius 3 is 2.50 bits per heavy atom. The molecule has 0 saturated carbocycles. The fraction of sp³-hybridized carbons (Fsp3) is 0.923. The van der Waals surface area contributed by atoms with Gasteiger partial charge in [0.05, 0.1) is 12.7 Å². The van der Waals surface area contributed by atoms with Gasteiger partial charge < -0.3 is 4.90 Å². The number of nitrogens with one attached hydrogen (secondary N) is 1. The van der Waals surface area contributed by atoms with Gasteiger partial charge in [-0.05, 0) is 17.8 Å². The maximum absolute atomic E-state index is 12.1. The minimum atomic E-state index is 0.0457. The number of nitrogens with zero attached hydrogens (tertiary/aromatic N) is 1. The Kier molecular flexibility index (Phi) is 4.78. The molecule has 0 aromatic rings. The monoisotopic (exact) mass is 226 g/mol. The molecule has 3 unspecified atom stereocenters. The fourth-order valence-corrected chi connectivity index (χ4v) is 1.96. The molecule has 3 heteroatoms. The zero-order chi connectivity index (χ0) is 12.3. The number of amides is 1. The SMILES string of the molecule is CCC(C)C1NCN(CC(C)C(C)C)C1=O. The van der Waals surface area contributed by atoms with E-state index in [1.165, 1.54) is 0 Å². The van der Waals surface area contributed by atoms with Gasteiger partial charge in [-0.3, -0.25) is 10.1 Å². The Labute approximate surface area is 99.6 Å². The fourth-order valence-electron chi connectivity index (χ4n) is 1.96. The third kappa shape index (κ3) is 2.97. The normalized spacial score (nSPS) is 25.2. The minimum absolute atomic E-state index is 0.0457. The van der Waals surface area contributed by atoms with Crippen molar-refractivity contribution in [2.24, 2.45) is 17.8 Å². The molecule has 0 aromatic heterocycles. The summed E-state index contributed by atoms with van der Waals surface area (Å²) in [5.41, 5.74) is 0. The first-order chi connectivity index (χ1) is 7.47. The van der Waals surface area contributed by atoms with Crippen molar-refractivity contribution in [2.75, 3.05) is 13.2 Å². The molecule has 0 bridgehead atoms. The Morgan fingerprint density at radius 2 is 2.00 bits per heavy atom. The van der Waals surface area contributed by atoms with Gasteiger partial charge in [0.25, 0.3) is 0 Å². The highest BCUT2D eigenvalue weighted by Crippen LogP contribution is 2.18. The van der Waals surface area contributed by atoms with Crippen LogP contribution in [0.1, 0.15) is 41.0 Å². The van der Waals surface area contributed by atoms with E-state index in [0.29, 0.717) is 23.7 Å². The van der Waals surface area contributed by atoms with E-state index in [1.807, 2.05) is 4.90 Å².